The molecule has 9 rings (SSSR count). The Morgan fingerprint density at radius 2 is 1.09 bits per heavy atom. The van der Waals surface area contributed by atoms with E-state index in [1.807, 2.05) is 48.9 Å². The summed E-state index contributed by atoms with van der Waals surface area (Å²) < 4.78 is 2.41. The van der Waals surface area contributed by atoms with Crippen LogP contribution < -0.4 is 0 Å². The average molecular weight is 601 g/mol. The van der Waals surface area contributed by atoms with Crippen molar-refractivity contribution in [1.29, 1.82) is 0 Å². The van der Waals surface area contributed by atoms with Crippen LogP contribution in [-0.4, -0.2) is 19.5 Å². The Labute approximate surface area is 272 Å². The quantitative estimate of drug-likeness (QED) is 0.197. The van der Waals surface area contributed by atoms with E-state index in [0.717, 1.165) is 33.7 Å². The number of nitrogens with zero attached hydrogens (tertiary/aromatic N) is 4. The van der Waals surface area contributed by atoms with E-state index in [4.69, 9.17) is 4.98 Å². The number of pyridine rings is 3. The van der Waals surface area contributed by atoms with E-state index >= 15 is 0 Å². The van der Waals surface area contributed by atoms with Crippen LogP contribution in [0.5, 0.6) is 0 Å². The van der Waals surface area contributed by atoms with Gasteiger partial charge in [0.25, 0.3) is 0 Å². The molecule has 0 aliphatic rings. The van der Waals surface area contributed by atoms with Gasteiger partial charge < -0.3 is 4.57 Å². The Morgan fingerprint density at radius 3 is 1.87 bits per heavy atom. The summed E-state index contributed by atoms with van der Waals surface area (Å²) >= 11 is 0. The van der Waals surface area contributed by atoms with Gasteiger partial charge in [-0.2, -0.15) is 0 Å². The van der Waals surface area contributed by atoms with Gasteiger partial charge in [0, 0.05) is 57.8 Å². The monoisotopic (exact) mass is 600 g/mol. The standard InChI is InChI=1S/C43H28N4/c1-2-7-36(8-3-1)47-42-27-34(40-9-4-10-41(46-40)35-6-5-23-45-28-35)17-19-38(42)39-20-16-33-26-32(15-18-37(33)43(39)47)30-13-11-29(12-14-30)31-21-24-44-25-22-31/h1-28H. The number of hydrogen-bond acceptors (Lipinski definition) is 3. The topological polar surface area (TPSA) is 43.6 Å². The summed E-state index contributed by atoms with van der Waals surface area (Å²) in [6, 6.07) is 51.8. The van der Waals surface area contributed by atoms with Crippen molar-refractivity contribution >= 4 is 32.6 Å². The molecule has 0 bridgehead atoms. The molecule has 0 amide bonds. The van der Waals surface area contributed by atoms with Crippen molar-refractivity contribution in [2.45, 2.75) is 0 Å². The Morgan fingerprint density at radius 1 is 0.404 bits per heavy atom. The number of benzene rings is 5. The predicted octanol–water partition coefficient (Wildman–Crippen LogP) is 10.8. The molecule has 4 nitrogen and oxygen atoms in total. The zero-order chi connectivity index (χ0) is 31.2. The fourth-order valence-corrected chi connectivity index (χ4v) is 6.69. The van der Waals surface area contributed by atoms with E-state index in [2.05, 4.69) is 130 Å². The van der Waals surface area contributed by atoms with E-state index in [-0.39, 0.29) is 0 Å². The highest BCUT2D eigenvalue weighted by molar-refractivity contribution is 6.19. The van der Waals surface area contributed by atoms with Crippen molar-refractivity contribution in [3.8, 4) is 50.5 Å². The molecule has 220 valence electrons. The summed E-state index contributed by atoms with van der Waals surface area (Å²) in [6.07, 6.45) is 7.31. The molecule has 0 radical (unpaired) electrons. The van der Waals surface area contributed by atoms with Crippen LogP contribution in [0.15, 0.2) is 170 Å². The number of hydrogen-bond donors (Lipinski definition) is 0. The summed E-state index contributed by atoms with van der Waals surface area (Å²) in [7, 11) is 0. The summed E-state index contributed by atoms with van der Waals surface area (Å²) in [5, 5.41) is 4.88. The average Bonchev–Trinajstić information content (AvgIpc) is 3.50. The van der Waals surface area contributed by atoms with Crippen molar-refractivity contribution in [3.63, 3.8) is 0 Å². The number of para-hydroxylation sites is 1. The normalized spacial score (nSPS) is 11.4. The lowest BCUT2D eigenvalue weighted by Gasteiger charge is -2.12. The molecule has 9 aromatic rings. The third-order valence-corrected chi connectivity index (χ3v) is 8.99. The highest BCUT2D eigenvalue weighted by Gasteiger charge is 2.17. The molecular weight excluding hydrogens is 573 g/mol. The van der Waals surface area contributed by atoms with Crippen molar-refractivity contribution in [1.82, 2.24) is 19.5 Å². The van der Waals surface area contributed by atoms with Crippen LogP contribution in [-0.2, 0) is 0 Å². The van der Waals surface area contributed by atoms with Crippen LogP contribution >= 0.6 is 0 Å². The first kappa shape index (κ1) is 27.0. The zero-order valence-corrected chi connectivity index (χ0v) is 25.5. The molecule has 0 N–H and O–H groups in total. The van der Waals surface area contributed by atoms with Gasteiger partial charge in [-0.05, 0) is 88.3 Å². The first-order valence-corrected chi connectivity index (χ1v) is 15.8. The fourth-order valence-electron chi connectivity index (χ4n) is 6.69. The molecule has 4 aromatic heterocycles. The van der Waals surface area contributed by atoms with Gasteiger partial charge in [-0.3, -0.25) is 9.97 Å². The van der Waals surface area contributed by atoms with Crippen molar-refractivity contribution in [2.75, 3.05) is 0 Å². The second kappa shape index (κ2) is 11.2. The Hall–Kier alpha value is -6.39. The minimum atomic E-state index is 0.910. The van der Waals surface area contributed by atoms with Gasteiger partial charge in [-0.1, -0.05) is 84.9 Å². The summed E-state index contributed by atoms with van der Waals surface area (Å²) in [6.45, 7) is 0. The first-order valence-electron chi connectivity index (χ1n) is 15.8. The largest absolute Gasteiger partial charge is 0.309 e. The van der Waals surface area contributed by atoms with Crippen molar-refractivity contribution in [3.05, 3.63) is 170 Å². The molecule has 0 aliphatic carbocycles. The lowest BCUT2D eigenvalue weighted by molar-refractivity contribution is 1.19. The minimum Gasteiger partial charge on any atom is -0.309 e. The number of rotatable bonds is 5. The van der Waals surface area contributed by atoms with Crippen LogP contribution in [0.25, 0.3) is 83.0 Å². The van der Waals surface area contributed by atoms with Crippen LogP contribution in [0.3, 0.4) is 0 Å². The molecule has 0 fully saturated rings. The lowest BCUT2D eigenvalue weighted by atomic mass is 9.97. The van der Waals surface area contributed by atoms with Gasteiger partial charge in [0.2, 0.25) is 0 Å². The second-order valence-corrected chi connectivity index (χ2v) is 11.8. The highest BCUT2D eigenvalue weighted by Crippen LogP contribution is 2.39. The van der Waals surface area contributed by atoms with Gasteiger partial charge in [-0.15, -0.1) is 0 Å². The molecule has 0 unspecified atom stereocenters. The van der Waals surface area contributed by atoms with Gasteiger partial charge in [0.15, 0.2) is 0 Å². The van der Waals surface area contributed by atoms with Gasteiger partial charge in [0.1, 0.15) is 0 Å². The van der Waals surface area contributed by atoms with Crippen molar-refractivity contribution in [2.24, 2.45) is 0 Å². The molecule has 0 saturated carbocycles. The van der Waals surface area contributed by atoms with Crippen LogP contribution in [0.2, 0.25) is 0 Å². The molecule has 5 aromatic carbocycles. The maximum atomic E-state index is 5.04. The van der Waals surface area contributed by atoms with E-state index < -0.39 is 0 Å². The Kier molecular flexibility index (Phi) is 6.43. The summed E-state index contributed by atoms with van der Waals surface area (Å²) in [5.41, 5.74) is 12.2. The smallest absolute Gasteiger partial charge is 0.0725 e. The molecule has 4 heterocycles. The van der Waals surface area contributed by atoms with Crippen LogP contribution in [0.1, 0.15) is 0 Å². The Balaban J connectivity index is 1.20. The van der Waals surface area contributed by atoms with Gasteiger partial charge in [0.05, 0.1) is 22.4 Å². The maximum Gasteiger partial charge on any atom is 0.0725 e. The second-order valence-electron chi connectivity index (χ2n) is 11.8. The number of fused-ring (bicyclic) bond motifs is 5. The molecule has 0 aliphatic heterocycles. The van der Waals surface area contributed by atoms with E-state index in [0.29, 0.717) is 0 Å². The van der Waals surface area contributed by atoms with E-state index in [1.165, 1.54) is 49.3 Å². The molecule has 0 spiro atoms. The first-order chi connectivity index (χ1) is 23.3. The van der Waals surface area contributed by atoms with E-state index in [1.54, 1.807) is 6.20 Å². The summed E-state index contributed by atoms with van der Waals surface area (Å²) in [4.78, 5) is 13.5. The maximum absolute atomic E-state index is 5.04. The lowest BCUT2D eigenvalue weighted by Crippen LogP contribution is -1.95. The fraction of sp³-hybridized carbons (Fsp3) is 0. The SMILES string of the molecule is c1ccc(-n2c3cc(-c4cccc(-c5cccnc5)n4)ccc3c3ccc4cc(-c5ccc(-c6ccncc6)cc5)ccc4c32)cc1. The van der Waals surface area contributed by atoms with Gasteiger partial charge >= 0.3 is 0 Å². The van der Waals surface area contributed by atoms with Crippen LogP contribution in [0.4, 0.5) is 0 Å². The van der Waals surface area contributed by atoms with E-state index in [9.17, 15) is 0 Å². The third-order valence-electron chi connectivity index (χ3n) is 8.99. The Bertz CT molecular complexity index is 2540. The molecule has 4 heteroatoms. The number of aromatic nitrogens is 4. The van der Waals surface area contributed by atoms with Crippen molar-refractivity contribution < 1.29 is 0 Å². The third kappa shape index (κ3) is 4.75. The molecule has 0 atom stereocenters. The molecular formula is C43H28N4. The zero-order valence-electron chi connectivity index (χ0n) is 25.5. The molecule has 47 heavy (non-hydrogen) atoms. The highest BCUT2D eigenvalue weighted by atomic mass is 15.0. The van der Waals surface area contributed by atoms with Crippen LogP contribution in [0, 0.1) is 0 Å². The van der Waals surface area contributed by atoms with Gasteiger partial charge in [-0.25, -0.2) is 4.98 Å². The molecule has 0 saturated heterocycles. The summed E-state index contributed by atoms with van der Waals surface area (Å²) in [5.74, 6) is 0. The minimum absolute atomic E-state index is 0.910. The predicted molar refractivity (Wildman–Crippen MR) is 193 cm³/mol.